The topological polar surface area (TPSA) is 17.8 Å². The number of aryl methyl sites for hydroxylation is 1. The van der Waals surface area contributed by atoms with Crippen LogP contribution < -0.4 is 0 Å². The largest absolute Gasteiger partial charge is 0.331 e. The highest BCUT2D eigenvalue weighted by Gasteiger charge is 2.11. The Morgan fingerprint density at radius 2 is 2.50 bits per heavy atom. The van der Waals surface area contributed by atoms with Gasteiger partial charge in [0.1, 0.15) is 5.82 Å². The van der Waals surface area contributed by atoms with E-state index in [0.717, 1.165) is 18.8 Å². The van der Waals surface area contributed by atoms with Crippen LogP contribution in [0.15, 0.2) is 19.0 Å². The molecule has 0 spiro atoms. The Labute approximate surface area is 60.2 Å². The van der Waals surface area contributed by atoms with Crippen LogP contribution in [0.2, 0.25) is 0 Å². The Balaban J connectivity index is 2.50. The molecule has 1 aliphatic rings. The van der Waals surface area contributed by atoms with Crippen molar-refractivity contribution < 1.29 is 0 Å². The number of rotatable bonds is 0. The Morgan fingerprint density at radius 3 is 3.30 bits per heavy atom. The van der Waals surface area contributed by atoms with Gasteiger partial charge in [0.05, 0.1) is 0 Å². The average molecular weight is 134 g/mol. The van der Waals surface area contributed by atoms with Gasteiger partial charge in [-0.2, -0.15) is 0 Å². The Morgan fingerprint density at radius 1 is 1.60 bits per heavy atom. The van der Waals surface area contributed by atoms with Crippen molar-refractivity contribution in [2.45, 2.75) is 19.4 Å². The van der Waals surface area contributed by atoms with E-state index in [1.807, 2.05) is 12.4 Å². The lowest BCUT2D eigenvalue weighted by Crippen LogP contribution is -2.07. The van der Waals surface area contributed by atoms with Gasteiger partial charge < -0.3 is 4.57 Å². The molecule has 0 atom stereocenters. The van der Waals surface area contributed by atoms with E-state index in [9.17, 15) is 0 Å². The van der Waals surface area contributed by atoms with E-state index in [0.29, 0.717) is 0 Å². The van der Waals surface area contributed by atoms with Gasteiger partial charge in [-0.25, -0.2) is 4.98 Å². The van der Waals surface area contributed by atoms with Crippen LogP contribution >= 0.6 is 0 Å². The molecule has 0 saturated heterocycles. The summed E-state index contributed by atoms with van der Waals surface area (Å²) in [6.45, 7) is 5.05. The van der Waals surface area contributed by atoms with Crippen LogP contribution in [0.4, 0.5) is 0 Å². The summed E-state index contributed by atoms with van der Waals surface area (Å²) >= 11 is 0. The molecule has 1 aliphatic heterocycles. The first kappa shape index (κ1) is 5.71. The first-order chi connectivity index (χ1) is 4.88. The van der Waals surface area contributed by atoms with Crippen molar-refractivity contribution in [3.8, 4) is 0 Å². The summed E-state index contributed by atoms with van der Waals surface area (Å²) in [5.74, 6) is 1.08. The molecule has 1 aromatic rings. The van der Waals surface area contributed by atoms with E-state index in [-0.39, 0.29) is 0 Å². The standard InChI is InChI=1S/C8H10N2/c1-7-3-2-5-10-6-4-9-8(7)10/h4,6H,1-3,5H2. The fraction of sp³-hybridized carbons (Fsp3) is 0.375. The Hall–Kier alpha value is -1.05. The third kappa shape index (κ3) is 0.685. The molecule has 0 aliphatic carbocycles. The monoisotopic (exact) mass is 134 g/mol. The normalized spacial score (nSPS) is 17.0. The Kier molecular flexibility index (Phi) is 1.13. The summed E-state index contributed by atoms with van der Waals surface area (Å²) in [6, 6.07) is 0. The molecule has 0 N–H and O–H groups in total. The van der Waals surface area contributed by atoms with Crippen LogP contribution in [-0.2, 0) is 6.54 Å². The van der Waals surface area contributed by atoms with Gasteiger partial charge in [-0.15, -0.1) is 0 Å². The molecule has 0 amide bonds. The lowest BCUT2D eigenvalue weighted by atomic mass is 10.1. The number of nitrogens with zero attached hydrogens (tertiary/aromatic N) is 2. The minimum absolute atomic E-state index is 1.08. The molecule has 2 nitrogen and oxygen atoms in total. The smallest absolute Gasteiger partial charge is 0.135 e. The van der Waals surface area contributed by atoms with Crippen LogP contribution in [0.1, 0.15) is 18.7 Å². The molecule has 1 aromatic heterocycles. The Bertz CT molecular complexity index is 260. The van der Waals surface area contributed by atoms with Crippen LogP contribution in [0.25, 0.3) is 5.57 Å². The maximum Gasteiger partial charge on any atom is 0.135 e. The second-order valence-corrected chi connectivity index (χ2v) is 2.65. The zero-order valence-corrected chi connectivity index (χ0v) is 5.88. The molecular formula is C8H10N2. The van der Waals surface area contributed by atoms with Crippen molar-refractivity contribution in [3.63, 3.8) is 0 Å². The minimum atomic E-state index is 1.08. The van der Waals surface area contributed by atoms with Gasteiger partial charge >= 0.3 is 0 Å². The van der Waals surface area contributed by atoms with Crippen LogP contribution in [-0.4, -0.2) is 9.55 Å². The molecule has 2 heteroatoms. The molecule has 10 heavy (non-hydrogen) atoms. The maximum absolute atomic E-state index is 4.20. The third-order valence-electron chi connectivity index (χ3n) is 1.91. The third-order valence-corrected chi connectivity index (χ3v) is 1.91. The lowest BCUT2D eigenvalue weighted by molar-refractivity contribution is 0.613. The first-order valence-electron chi connectivity index (χ1n) is 3.57. The fourth-order valence-electron chi connectivity index (χ4n) is 1.38. The molecule has 0 unspecified atom stereocenters. The lowest BCUT2D eigenvalue weighted by Gasteiger charge is -2.14. The van der Waals surface area contributed by atoms with Crippen molar-refractivity contribution >= 4 is 5.57 Å². The minimum Gasteiger partial charge on any atom is -0.331 e. The molecular weight excluding hydrogens is 124 g/mol. The second kappa shape index (κ2) is 1.97. The summed E-state index contributed by atoms with van der Waals surface area (Å²) in [4.78, 5) is 4.20. The summed E-state index contributed by atoms with van der Waals surface area (Å²) in [5.41, 5.74) is 1.18. The number of aromatic nitrogens is 2. The van der Waals surface area contributed by atoms with E-state index >= 15 is 0 Å². The van der Waals surface area contributed by atoms with Crippen molar-refractivity contribution in [3.05, 3.63) is 24.8 Å². The highest BCUT2D eigenvalue weighted by Crippen LogP contribution is 2.21. The van der Waals surface area contributed by atoms with Crippen molar-refractivity contribution in [2.24, 2.45) is 0 Å². The number of allylic oxidation sites excluding steroid dienone is 1. The second-order valence-electron chi connectivity index (χ2n) is 2.65. The van der Waals surface area contributed by atoms with E-state index in [1.165, 1.54) is 12.0 Å². The van der Waals surface area contributed by atoms with Crippen molar-refractivity contribution in [1.82, 2.24) is 9.55 Å². The van der Waals surface area contributed by atoms with Gasteiger partial charge in [0.25, 0.3) is 0 Å². The van der Waals surface area contributed by atoms with Gasteiger partial charge in [-0.3, -0.25) is 0 Å². The number of hydrogen-bond acceptors (Lipinski definition) is 1. The van der Waals surface area contributed by atoms with E-state index in [2.05, 4.69) is 16.1 Å². The van der Waals surface area contributed by atoms with Crippen LogP contribution in [0.5, 0.6) is 0 Å². The SMILES string of the molecule is C=C1CCCn2ccnc21. The van der Waals surface area contributed by atoms with E-state index in [1.54, 1.807) is 0 Å². The van der Waals surface area contributed by atoms with Gasteiger partial charge in [0.15, 0.2) is 0 Å². The van der Waals surface area contributed by atoms with Crippen LogP contribution in [0.3, 0.4) is 0 Å². The molecule has 0 bridgehead atoms. The van der Waals surface area contributed by atoms with Gasteiger partial charge in [-0.1, -0.05) is 6.58 Å². The zero-order chi connectivity index (χ0) is 6.97. The predicted octanol–water partition coefficient (Wildman–Crippen LogP) is 1.69. The maximum atomic E-state index is 4.20. The van der Waals surface area contributed by atoms with Gasteiger partial charge in [0, 0.05) is 18.9 Å². The number of fused-ring (bicyclic) bond motifs is 1. The molecule has 0 aromatic carbocycles. The summed E-state index contributed by atoms with van der Waals surface area (Å²) in [5, 5.41) is 0. The molecule has 2 heterocycles. The highest BCUT2D eigenvalue weighted by molar-refractivity contribution is 5.58. The van der Waals surface area contributed by atoms with Gasteiger partial charge in [-0.05, 0) is 18.4 Å². The number of hydrogen-bond donors (Lipinski definition) is 0. The summed E-state index contributed by atoms with van der Waals surface area (Å²) < 4.78 is 2.16. The molecule has 52 valence electrons. The molecule has 0 saturated carbocycles. The molecule has 0 radical (unpaired) electrons. The fourth-order valence-corrected chi connectivity index (χ4v) is 1.38. The van der Waals surface area contributed by atoms with Crippen LogP contribution in [0, 0.1) is 0 Å². The zero-order valence-electron chi connectivity index (χ0n) is 5.88. The average Bonchev–Trinajstić information content (AvgIpc) is 2.36. The predicted molar refractivity (Wildman–Crippen MR) is 40.5 cm³/mol. The molecule has 2 rings (SSSR count). The van der Waals surface area contributed by atoms with Gasteiger partial charge in [0.2, 0.25) is 0 Å². The van der Waals surface area contributed by atoms with Crippen molar-refractivity contribution in [1.29, 1.82) is 0 Å². The summed E-state index contributed by atoms with van der Waals surface area (Å²) in [7, 11) is 0. The van der Waals surface area contributed by atoms with E-state index in [4.69, 9.17) is 0 Å². The van der Waals surface area contributed by atoms with Crippen molar-refractivity contribution in [2.75, 3.05) is 0 Å². The summed E-state index contributed by atoms with van der Waals surface area (Å²) in [6.07, 6.45) is 6.17. The quantitative estimate of drug-likeness (QED) is 0.528. The van der Waals surface area contributed by atoms with E-state index < -0.39 is 0 Å². The first-order valence-corrected chi connectivity index (χ1v) is 3.57. The number of imidazole rings is 1. The molecule has 0 fully saturated rings. The highest BCUT2D eigenvalue weighted by atomic mass is 15.1.